The second-order valence-electron chi connectivity index (χ2n) is 18.4. The van der Waals surface area contributed by atoms with Crippen LogP contribution in [-0.2, 0) is 42.2 Å². The molecule has 3 atom stereocenters. The summed E-state index contributed by atoms with van der Waals surface area (Å²) in [6.07, 6.45) is 52.3. The Hall–Kier alpha value is -2.56. The van der Waals surface area contributed by atoms with E-state index >= 15 is 0 Å². The van der Waals surface area contributed by atoms with Gasteiger partial charge in [0.25, 0.3) is 0 Å². The van der Waals surface area contributed by atoms with E-state index in [0.29, 0.717) is 19.3 Å². The summed E-state index contributed by atoms with van der Waals surface area (Å²) in [6.45, 7) is 4.47. The van der Waals surface area contributed by atoms with Crippen LogP contribution in [0.1, 0.15) is 252 Å². The third kappa shape index (κ3) is 48.5. The van der Waals surface area contributed by atoms with Crippen LogP contribution in [0, 0.1) is 0 Å². The first kappa shape index (κ1) is 65.4. The van der Waals surface area contributed by atoms with E-state index in [1.807, 2.05) is 12.2 Å². The number of allylic oxidation sites excluding steroid dienone is 8. The fraction of sp³-hybridized carbons (Fsp3) is 0.804. The van der Waals surface area contributed by atoms with Crippen LogP contribution in [0.5, 0.6) is 0 Å². The average Bonchev–Trinajstić information content (AvgIpc) is 3.32. The van der Waals surface area contributed by atoms with Gasteiger partial charge in [-0.1, -0.05) is 236 Å². The van der Waals surface area contributed by atoms with Gasteiger partial charge in [-0.15, -0.1) is 0 Å². The van der Waals surface area contributed by atoms with E-state index in [1.165, 1.54) is 128 Å². The van der Waals surface area contributed by atoms with Crippen molar-refractivity contribution in [1.29, 1.82) is 0 Å². The average molecular weight is 981 g/mol. The zero-order valence-corrected chi connectivity index (χ0v) is 44.5. The molecule has 0 amide bonds. The maximum Gasteiger partial charge on any atom is 0.472 e. The Morgan fingerprint density at radius 3 is 1.18 bits per heavy atom. The molecule has 0 aliphatic carbocycles. The summed E-state index contributed by atoms with van der Waals surface area (Å²) in [5.41, 5.74) is 0. The summed E-state index contributed by atoms with van der Waals surface area (Å²) in [4.78, 5) is 48.3. The lowest BCUT2D eigenvalue weighted by Gasteiger charge is -2.21. The molecule has 0 aromatic carbocycles. The number of hydrogen-bond donors (Lipinski definition) is 2. The van der Waals surface area contributed by atoms with Crippen molar-refractivity contribution >= 4 is 25.7 Å². The summed E-state index contributed by atoms with van der Waals surface area (Å²) in [5.74, 6) is -1.54. The summed E-state index contributed by atoms with van der Waals surface area (Å²) < 4.78 is 39.4. The largest absolute Gasteiger partial charge is 0.472 e. The van der Waals surface area contributed by atoms with Crippen molar-refractivity contribution in [2.24, 2.45) is 0 Å². The zero-order valence-electron chi connectivity index (χ0n) is 43.6. The Balaban J connectivity index is 4.76. The highest BCUT2D eigenvalue weighted by molar-refractivity contribution is 7.47. The normalized spacial score (nSPS) is 13.8. The molecule has 2 N–H and O–H groups in total. The molecule has 0 saturated carbocycles. The van der Waals surface area contributed by atoms with Gasteiger partial charge in [0.05, 0.1) is 19.8 Å². The van der Waals surface area contributed by atoms with Gasteiger partial charge in [0, 0.05) is 19.3 Å². The number of rotatable bonds is 51. The van der Waals surface area contributed by atoms with Crippen molar-refractivity contribution in [2.45, 2.75) is 264 Å². The Labute approximate surface area is 415 Å². The molecule has 0 heterocycles. The van der Waals surface area contributed by atoms with Gasteiger partial charge >= 0.3 is 25.7 Å². The molecule has 0 rings (SSSR count). The van der Waals surface area contributed by atoms with E-state index in [0.717, 1.165) is 64.2 Å². The van der Waals surface area contributed by atoms with Crippen molar-refractivity contribution in [1.82, 2.24) is 0 Å². The lowest BCUT2D eigenvalue weighted by atomic mass is 10.0. The predicted molar refractivity (Wildman–Crippen MR) is 279 cm³/mol. The van der Waals surface area contributed by atoms with E-state index in [-0.39, 0.29) is 25.9 Å². The van der Waals surface area contributed by atoms with E-state index in [4.69, 9.17) is 23.3 Å². The summed E-state index contributed by atoms with van der Waals surface area (Å²) >= 11 is 0. The number of ether oxygens (including phenoxy) is 3. The van der Waals surface area contributed by atoms with Crippen LogP contribution >= 0.6 is 7.82 Å². The topological polar surface area (TPSA) is 155 Å². The predicted octanol–water partition coefficient (Wildman–Crippen LogP) is 15.8. The number of phosphoric acid groups is 1. The molecule has 0 fully saturated rings. The molecule has 0 aromatic heterocycles. The highest BCUT2D eigenvalue weighted by atomic mass is 31.2. The highest BCUT2D eigenvalue weighted by Gasteiger charge is 2.28. The van der Waals surface area contributed by atoms with Crippen LogP contribution in [-0.4, -0.2) is 66.5 Å². The van der Waals surface area contributed by atoms with Crippen molar-refractivity contribution in [2.75, 3.05) is 26.4 Å². The highest BCUT2D eigenvalue weighted by Crippen LogP contribution is 2.43. The Bertz CT molecular complexity index is 1330. The number of aliphatic hydroxyl groups excluding tert-OH is 1. The Morgan fingerprint density at radius 1 is 0.426 bits per heavy atom. The molecular weight excluding hydrogens is 880 g/mol. The lowest BCUT2D eigenvalue weighted by Crippen LogP contribution is -2.30. The molecule has 0 spiro atoms. The summed E-state index contributed by atoms with van der Waals surface area (Å²) in [6, 6.07) is 0. The number of hydrogen-bond acceptors (Lipinski definition) is 10. The first-order valence-corrected chi connectivity index (χ1v) is 29.0. The van der Waals surface area contributed by atoms with E-state index in [1.54, 1.807) is 0 Å². The third-order valence-corrected chi connectivity index (χ3v) is 12.7. The van der Waals surface area contributed by atoms with Gasteiger partial charge in [-0.05, 0) is 44.9 Å². The molecule has 3 unspecified atom stereocenters. The molecule has 0 aliphatic rings. The molecule has 396 valence electrons. The van der Waals surface area contributed by atoms with Crippen LogP contribution in [0.4, 0.5) is 0 Å². The van der Waals surface area contributed by atoms with Gasteiger partial charge in [-0.25, -0.2) is 4.57 Å². The smallest absolute Gasteiger partial charge is 0.462 e. The SMILES string of the molecule is CC/C=C\C/C=C\C/C=C\C/C=C\CCC(=O)OC(CO)COP(=O)(O)OCC(COC(=O)CCCCCCCCCCCCCCC)OC(=O)CCCCCCCCCCCCCCCCC. The van der Waals surface area contributed by atoms with Crippen molar-refractivity contribution in [3.05, 3.63) is 48.6 Å². The minimum Gasteiger partial charge on any atom is -0.462 e. The molecule has 0 saturated heterocycles. The summed E-state index contributed by atoms with van der Waals surface area (Å²) in [5, 5.41) is 9.77. The number of esters is 3. The first-order valence-electron chi connectivity index (χ1n) is 27.5. The van der Waals surface area contributed by atoms with E-state index in [2.05, 4.69) is 57.2 Å². The lowest BCUT2D eigenvalue weighted by molar-refractivity contribution is -0.161. The molecule has 68 heavy (non-hydrogen) atoms. The second-order valence-corrected chi connectivity index (χ2v) is 19.8. The van der Waals surface area contributed by atoms with Crippen molar-refractivity contribution < 1.29 is 52.2 Å². The number of aliphatic hydroxyl groups is 1. The molecular formula is C56H101O11P. The zero-order chi connectivity index (χ0) is 49.9. The van der Waals surface area contributed by atoms with Crippen LogP contribution in [0.15, 0.2) is 48.6 Å². The molecule has 0 bridgehead atoms. The molecule has 0 radical (unpaired) electrons. The molecule has 0 aliphatic heterocycles. The Morgan fingerprint density at radius 2 is 0.765 bits per heavy atom. The number of carbonyl (C=O) groups is 3. The van der Waals surface area contributed by atoms with Crippen LogP contribution in [0.25, 0.3) is 0 Å². The number of unbranched alkanes of at least 4 members (excludes halogenated alkanes) is 26. The van der Waals surface area contributed by atoms with Gasteiger partial charge in [-0.2, -0.15) is 0 Å². The fourth-order valence-corrected chi connectivity index (χ4v) is 8.39. The third-order valence-electron chi connectivity index (χ3n) is 11.8. The van der Waals surface area contributed by atoms with Crippen molar-refractivity contribution in [3.8, 4) is 0 Å². The minimum absolute atomic E-state index is 0.0581. The van der Waals surface area contributed by atoms with E-state index in [9.17, 15) is 28.9 Å². The monoisotopic (exact) mass is 981 g/mol. The van der Waals surface area contributed by atoms with Gasteiger partial charge in [-0.3, -0.25) is 23.4 Å². The first-order chi connectivity index (χ1) is 33.2. The molecule has 11 nitrogen and oxygen atoms in total. The maximum atomic E-state index is 12.9. The molecule has 0 aromatic rings. The number of phosphoric ester groups is 1. The number of carbonyl (C=O) groups excluding carboxylic acids is 3. The van der Waals surface area contributed by atoms with Gasteiger partial charge in [0.2, 0.25) is 0 Å². The van der Waals surface area contributed by atoms with E-state index < -0.39 is 57.8 Å². The second kappa shape index (κ2) is 50.8. The maximum absolute atomic E-state index is 12.9. The van der Waals surface area contributed by atoms with Crippen LogP contribution in [0.3, 0.4) is 0 Å². The molecule has 12 heteroatoms. The van der Waals surface area contributed by atoms with Gasteiger partial charge < -0.3 is 24.2 Å². The van der Waals surface area contributed by atoms with Gasteiger partial charge in [0.15, 0.2) is 6.10 Å². The van der Waals surface area contributed by atoms with Crippen LogP contribution in [0.2, 0.25) is 0 Å². The quantitative estimate of drug-likeness (QED) is 0.0197. The standard InChI is InChI=1S/C56H101O11P/c1-4-7-10-13-16-19-22-25-26-29-32-35-38-41-44-47-56(60)67-53(49-63-54(58)45-42-39-36-33-30-27-23-20-17-14-11-8-5-2)51-65-68(61,62)64-50-52(48-57)66-55(59)46-43-40-37-34-31-28-24-21-18-15-12-9-6-3/h9,12,18,21,28,31,37,40,52-53,57H,4-8,10-11,13-17,19-20,22-27,29-30,32-36,38-39,41-51H2,1-3H3,(H,61,62)/b12-9-,21-18-,31-28-,40-37-. The minimum atomic E-state index is -4.76. The summed E-state index contributed by atoms with van der Waals surface area (Å²) in [7, 11) is -4.76. The van der Waals surface area contributed by atoms with Crippen molar-refractivity contribution in [3.63, 3.8) is 0 Å². The van der Waals surface area contributed by atoms with Gasteiger partial charge in [0.1, 0.15) is 12.7 Å². The van der Waals surface area contributed by atoms with Crippen LogP contribution < -0.4 is 0 Å². The Kier molecular flexibility index (Phi) is 48.9. The fourth-order valence-electron chi connectivity index (χ4n) is 7.61.